The summed E-state index contributed by atoms with van der Waals surface area (Å²) >= 11 is 0. The third kappa shape index (κ3) is 4.09. The zero-order valence-corrected chi connectivity index (χ0v) is 16.3. The van der Waals surface area contributed by atoms with Crippen molar-refractivity contribution < 1.29 is 10.0 Å². The molecule has 10 nitrogen and oxygen atoms in total. The van der Waals surface area contributed by atoms with Crippen LogP contribution in [-0.4, -0.2) is 39.5 Å². The Hall–Kier alpha value is -3.89. The van der Waals surface area contributed by atoms with Crippen LogP contribution in [0.4, 0.5) is 17.2 Å². The molecule has 3 N–H and O–H groups in total. The standard InChI is InChI=1S/C20H21N7O3/c21-12-15(19-16(13-22)20(23)26(24-19)8-9-28)10-14-4-5-17(18(11-14)27(29)30)25-6-2-1-3-7-25/h4-5,10-11,28H,1-3,6-9,23H2. The summed E-state index contributed by atoms with van der Waals surface area (Å²) in [4.78, 5) is 13.2. The number of hydrogen-bond acceptors (Lipinski definition) is 8. The van der Waals surface area contributed by atoms with Gasteiger partial charge in [-0.05, 0) is 37.0 Å². The third-order valence-corrected chi connectivity index (χ3v) is 4.99. The lowest BCUT2D eigenvalue weighted by Gasteiger charge is -2.28. The number of nitro benzene ring substituents is 1. The fraction of sp³-hybridized carbons (Fsp3) is 0.350. The van der Waals surface area contributed by atoms with Crippen molar-refractivity contribution in [2.45, 2.75) is 25.8 Å². The molecule has 0 spiro atoms. The number of nitrogen functional groups attached to an aromatic ring is 1. The largest absolute Gasteiger partial charge is 0.394 e. The number of piperidine rings is 1. The number of nitrogens with zero attached hydrogens (tertiary/aromatic N) is 6. The van der Waals surface area contributed by atoms with Gasteiger partial charge in [-0.3, -0.25) is 10.1 Å². The van der Waals surface area contributed by atoms with E-state index >= 15 is 0 Å². The van der Waals surface area contributed by atoms with Crippen LogP contribution in [0.5, 0.6) is 0 Å². The molecule has 2 aromatic rings. The monoisotopic (exact) mass is 407 g/mol. The summed E-state index contributed by atoms with van der Waals surface area (Å²) in [6, 6.07) is 8.72. The van der Waals surface area contributed by atoms with Crippen molar-refractivity contribution in [3.05, 3.63) is 45.1 Å². The Morgan fingerprint density at radius 1 is 1.33 bits per heavy atom. The van der Waals surface area contributed by atoms with Gasteiger partial charge in [0, 0.05) is 19.2 Å². The lowest BCUT2D eigenvalue weighted by atomic mass is 10.0. The predicted molar refractivity (Wildman–Crippen MR) is 111 cm³/mol. The van der Waals surface area contributed by atoms with Gasteiger partial charge in [-0.25, -0.2) is 4.68 Å². The van der Waals surface area contributed by atoms with Crippen molar-refractivity contribution in [2.75, 3.05) is 30.3 Å². The first-order chi connectivity index (χ1) is 14.5. The first-order valence-electron chi connectivity index (χ1n) is 9.53. The second kappa shape index (κ2) is 9.07. The molecule has 1 aliphatic rings. The van der Waals surface area contributed by atoms with Gasteiger partial charge in [0.15, 0.2) is 0 Å². The van der Waals surface area contributed by atoms with Crippen molar-refractivity contribution >= 4 is 28.8 Å². The highest BCUT2D eigenvalue weighted by Gasteiger charge is 2.23. The molecule has 0 amide bonds. The summed E-state index contributed by atoms with van der Waals surface area (Å²) in [6.45, 7) is 1.39. The van der Waals surface area contributed by atoms with E-state index in [1.165, 1.54) is 16.8 Å². The summed E-state index contributed by atoms with van der Waals surface area (Å²) in [7, 11) is 0. The Morgan fingerprint density at radius 2 is 2.07 bits per heavy atom. The van der Waals surface area contributed by atoms with Gasteiger partial charge in [0.25, 0.3) is 5.69 Å². The van der Waals surface area contributed by atoms with Crippen LogP contribution >= 0.6 is 0 Å². The second-order valence-corrected chi connectivity index (χ2v) is 6.89. The first kappa shape index (κ1) is 20.8. The van der Waals surface area contributed by atoms with Crippen LogP contribution in [0.25, 0.3) is 11.6 Å². The molecular formula is C20H21N7O3. The highest BCUT2D eigenvalue weighted by molar-refractivity contribution is 5.92. The Morgan fingerprint density at radius 3 is 2.67 bits per heavy atom. The number of aromatic nitrogens is 2. The number of nitrogens with two attached hydrogens (primary N) is 1. The van der Waals surface area contributed by atoms with Gasteiger partial charge in [-0.15, -0.1) is 0 Å². The molecule has 1 aromatic heterocycles. The highest BCUT2D eigenvalue weighted by Crippen LogP contribution is 2.33. The number of benzene rings is 1. The SMILES string of the molecule is N#CC(=Cc1ccc(N2CCCCC2)c([N+](=O)[O-])c1)c1nn(CCO)c(N)c1C#N. The van der Waals surface area contributed by atoms with Crippen molar-refractivity contribution in [1.82, 2.24) is 9.78 Å². The summed E-state index contributed by atoms with van der Waals surface area (Å²) < 4.78 is 1.25. The molecule has 0 bridgehead atoms. The van der Waals surface area contributed by atoms with Crippen LogP contribution in [0.3, 0.4) is 0 Å². The minimum Gasteiger partial charge on any atom is -0.394 e. The maximum atomic E-state index is 11.7. The molecule has 154 valence electrons. The first-order valence-corrected chi connectivity index (χ1v) is 9.53. The number of aliphatic hydroxyl groups excluding tert-OH is 1. The molecule has 2 heterocycles. The fourth-order valence-electron chi connectivity index (χ4n) is 3.54. The van der Waals surface area contributed by atoms with Crippen LogP contribution in [0.1, 0.15) is 36.1 Å². The number of allylic oxidation sites excluding steroid dienone is 1. The number of anilines is 2. The zero-order chi connectivity index (χ0) is 21.7. The molecular weight excluding hydrogens is 386 g/mol. The van der Waals surface area contributed by atoms with Gasteiger partial charge in [0.05, 0.1) is 23.6 Å². The van der Waals surface area contributed by atoms with E-state index in [9.17, 15) is 20.6 Å². The number of hydrogen-bond donors (Lipinski definition) is 2. The van der Waals surface area contributed by atoms with Crippen LogP contribution in [-0.2, 0) is 6.54 Å². The van der Waals surface area contributed by atoms with E-state index in [4.69, 9.17) is 10.8 Å². The van der Waals surface area contributed by atoms with E-state index in [2.05, 4.69) is 5.10 Å². The van der Waals surface area contributed by atoms with Crippen LogP contribution in [0.2, 0.25) is 0 Å². The molecule has 3 rings (SSSR count). The lowest BCUT2D eigenvalue weighted by Crippen LogP contribution is -2.29. The summed E-state index contributed by atoms with van der Waals surface area (Å²) in [6.07, 6.45) is 4.54. The predicted octanol–water partition coefficient (Wildman–Crippen LogP) is 2.29. The molecule has 0 saturated carbocycles. The third-order valence-electron chi connectivity index (χ3n) is 4.99. The molecule has 0 atom stereocenters. The fourth-order valence-corrected chi connectivity index (χ4v) is 3.54. The number of nitriles is 2. The highest BCUT2D eigenvalue weighted by atomic mass is 16.6. The maximum Gasteiger partial charge on any atom is 0.293 e. The Labute approximate surface area is 173 Å². The smallest absolute Gasteiger partial charge is 0.293 e. The molecule has 1 fully saturated rings. The van der Waals surface area contributed by atoms with Gasteiger partial charge in [0.2, 0.25) is 0 Å². The summed E-state index contributed by atoms with van der Waals surface area (Å²) in [5, 5.41) is 44.0. The Bertz CT molecular complexity index is 1070. The molecule has 1 saturated heterocycles. The summed E-state index contributed by atoms with van der Waals surface area (Å²) in [5.41, 5.74) is 7.01. The van der Waals surface area contributed by atoms with Gasteiger partial charge in [0.1, 0.15) is 34.9 Å². The molecule has 0 radical (unpaired) electrons. The minimum atomic E-state index is -0.429. The second-order valence-electron chi connectivity index (χ2n) is 6.89. The molecule has 10 heteroatoms. The van der Waals surface area contributed by atoms with Crippen molar-refractivity contribution in [1.29, 1.82) is 10.5 Å². The summed E-state index contributed by atoms with van der Waals surface area (Å²) in [5.74, 6) is 0.0501. The van der Waals surface area contributed by atoms with E-state index in [0.717, 1.165) is 32.4 Å². The molecule has 30 heavy (non-hydrogen) atoms. The van der Waals surface area contributed by atoms with Crippen LogP contribution in [0.15, 0.2) is 18.2 Å². The van der Waals surface area contributed by atoms with Gasteiger partial charge >= 0.3 is 0 Å². The van der Waals surface area contributed by atoms with Gasteiger partial charge in [-0.1, -0.05) is 6.07 Å². The maximum absolute atomic E-state index is 11.7. The molecule has 0 unspecified atom stereocenters. The van der Waals surface area contributed by atoms with Gasteiger partial charge < -0.3 is 15.7 Å². The van der Waals surface area contributed by atoms with Crippen molar-refractivity contribution in [3.63, 3.8) is 0 Å². The normalized spacial score (nSPS) is 14.2. The number of aliphatic hydroxyl groups is 1. The molecule has 0 aliphatic carbocycles. The van der Waals surface area contributed by atoms with Gasteiger partial charge in [-0.2, -0.15) is 15.6 Å². The minimum absolute atomic E-state index is 0.0238. The average molecular weight is 407 g/mol. The van der Waals surface area contributed by atoms with Crippen LogP contribution < -0.4 is 10.6 Å². The molecule has 1 aromatic carbocycles. The van der Waals surface area contributed by atoms with E-state index < -0.39 is 4.92 Å². The van der Waals surface area contributed by atoms with E-state index in [1.807, 2.05) is 17.0 Å². The number of nitro groups is 1. The quantitative estimate of drug-likeness (QED) is 0.419. The van der Waals surface area contributed by atoms with E-state index in [-0.39, 0.29) is 41.5 Å². The van der Waals surface area contributed by atoms with Crippen LogP contribution in [0, 0.1) is 32.8 Å². The Balaban J connectivity index is 2.04. The zero-order valence-electron chi connectivity index (χ0n) is 16.3. The lowest BCUT2D eigenvalue weighted by molar-refractivity contribution is -0.384. The van der Waals surface area contributed by atoms with Crippen molar-refractivity contribution in [3.8, 4) is 12.1 Å². The van der Waals surface area contributed by atoms with Crippen molar-refractivity contribution in [2.24, 2.45) is 0 Å². The van der Waals surface area contributed by atoms with E-state index in [1.54, 1.807) is 12.1 Å². The average Bonchev–Trinajstić information content (AvgIpc) is 3.07. The molecule has 1 aliphatic heterocycles. The topological polar surface area (TPSA) is 158 Å². The number of rotatable bonds is 6. The van der Waals surface area contributed by atoms with E-state index in [0.29, 0.717) is 11.3 Å². The Kier molecular flexibility index (Phi) is 6.30.